The van der Waals surface area contributed by atoms with E-state index in [1.54, 1.807) is 6.08 Å². The summed E-state index contributed by atoms with van der Waals surface area (Å²) in [5, 5.41) is 0. The van der Waals surface area contributed by atoms with Gasteiger partial charge in [-0.3, -0.25) is 9.00 Å². The van der Waals surface area contributed by atoms with Gasteiger partial charge in [0.25, 0.3) is 0 Å². The van der Waals surface area contributed by atoms with Crippen LogP contribution >= 0.6 is 0 Å². The summed E-state index contributed by atoms with van der Waals surface area (Å²) >= 11 is 0. The van der Waals surface area contributed by atoms with Crippen LogP contribution in [-0.4, -0.2) is 21.6 Å². The van der Waals surface area contributed by atoms with Crippen molar-refractivity contribution < 1.29 is 8.95 Å². The summed E-state index contributed by atoms with van der Waals surface area (Å²) in [5.41, 5.74) is 0.474. The molecule has 0 amide bonds. The molecule has 1 rings (SSSR count). The van der Waals surface area contributed by atoms with Crippen LogP contribution in [0.4, 0.5) is 0 Å². The molecule has 1 aromatic rings. The Kier molecular flexibility index (Phi) is 5.69. The van der Waals surface area contributed by atoms with Crippen LogP contribution < -0.4 is 10.2 Å². The molecule has 1 heterocycles. The van der Waals surface area contributed by atoms with Crippen molar-refractivity contribution >= 4 is 10.8 Å². The van der Waals surface area contributed by atoms with Gasteiger partial charge in [0.2, 0.25) is 5.43 Å². The fourth-order valence-electron chi connectivity index (χ4n) is 1.27. The number of nitrogens with one attached hydrogen (secondary N) is 1. The molecule has 0 saturated heterocycles. The Hall–Kier alpha value is -1.36. The van der Waals surface area contributed by atoms with Crippen LogP contribution in [0.25, 0.3) is 0 Å². The average Bonchev–Trinajstić information content (AvgIpc) is 2.28. The van der Waals surface area contributed by atoms with Gasteiger partial charge < -0.3 is 9.72 Å². The van der Waals surface area contributed by atoms with E-state index in [-0.39, 0.29) is 5.43 Å². The van der Waals surface area contributed by atoms with Crippen molar-refractivity contribution in [1.82, 2.24) is 4.98 Å². The van der Waals surface area contributed by atoms with E-state index in [1.165, 1.54) is 12.3 Å². The monoisotopic (exact) mass is 255 g/mol. The van der Waals surface area contributed by atoms with Gasteiger partial charge in [-0.15, -0.1) is 6.58 Å². The highest BCUT2D eigenvalue weighted by Crippen LogP contribution is 2.04. The Balaban J connectivity index is 2.71. The van der Waals surface area contributed by atoms with Crippen LogP contribution in [0.2, 0.25) is 0 Å². The molecule has 0 saturated carbocycles. The summed E-state index contributed by atoms with van der Waals surface area (Å²) in [5.74, 6) is 1.07. The van der Waals surface area contributed by atoms with E-state index in [1.807, 2.05) is 6.92 Å². The molecule has 1 atom stereocenters. The molecule has 0 aliphatic carbocycles. The smallest absolute Gasteiger partial charge is 0.223 e. The standard InChI is InChI=1S/C12H17NO3S/c1-3-5-16-12-8-13-10(7-11(12)14)9-17(15)6-4-2/h4,7-8H,2-3,5-6,9H2,1H3,(H,13,14). The van der Waals surface area contributed by atoms with Gasteiger partial charge in [-0.2, -0.15) is 0 Å². The second-order valence-electron chi connectivity index (χ2n) is 3.57. The van der Waals surface area contributed by atoms with Crippen LogP contribution in [0.15, 0.2) is 29.7 Å². The minimum atomic E-state index is -1.02. The summed E-state index contributed by atoms with van der Waals surface area (Å²) in [4.78, 5) is 14.5. The van der Waals surface area contributed by atoms with E-state index in [0.717, 1.165) is 6.42 Å². The number of aromatic nitrogens is 1. The number of rotatable bonds is 7. The molecule has 1 unspecified atom stereocenters. The Labute approximate surface area is 103 Å². The molecular weight excluding hydrogens is 238 g/mol. The summed E-state index contributed by atoms with van der Waals surface area (Å²) in [6.45, 7) is 6.01. The van der Waals surface area contributed by atoms with Crippen molar-refractivity contribution in [2.24, 2.45) is 0 Å². The molecule has 0 aromatic carbocycles. The quantitative estimate of drug-likeness (QED) is 0.753. The maximum absolute atomic E-state index is 11.6. The van der Waals surface area contributed by atoms with Crippen LogP contribution in [0.3, 0.4) is 0 Å². The SMILES string of the molecule is C=CCS(=O)Cc1cc(=O)c(OCCC)c[nH]1. The molecule has 0 aliphatic rings. The molecule has 1 aromatic heterocycles. The van der Waals surface area contributed by atoms with E-state index in [4.69, 9.17) is 4.74 Å². The minimum Gasteiger partial charge on any atom is -0.488 e. The van der Waals surface area contributed by atoms with Gasteiger partial charge in [0.05, 0.1) is 12.4 Å². The Morgan fingerprint density at radius 2 is 2.35 bits per heavy atom. The van der Waals surface area contributed by atoms with Crippen molar-refractivity contribution in [1.29, 1.82) is 0 Å². The van der Waals surface area contributed by atoms with Gasteiger partial charge in [-0.05, 0) is 6.42 Å². The van der Waals surface area contributed by atoms with Crippen molar-refractivity contribution in [3.05, 3.63) is 40.8 Å². The number of hydrogen-bond donors (Lipinski definition) is 1. The molecule has 0 bridgehead atoms. The summed E-state index contributed by atoms with van der Waals surface area (Å²) in [7, 11) is -1.02. The van der Waals surface area contributed by atoms with Crippen molar-refractivity contribution in [3.8, 4) is 5.75 Å². The fourth-order valence-corrected chi connectivity index (χ4v) is 2.17. The summed E-state index contributed by atoms with van der Waals surface area (Å²) in [6.07, 6.45) is 3.98. The van der Waals surface area contributed by atoms with Crippen molar-refractivity contribution in [3.63, 3.8) is 0 Å². The first kappa shape index (κ1) is 13.7. The lowest BCUT2D eigenvalue weighted by Crippen LogP contribution is -2.11. The predicted octanol–water partition coefficient (Wildman–Crippen LogP) is 1.60. The molecular formula is C12H17NO3S. The largest absolute Gasteiger partial charge is 0.488 e. The van der Waals surface area contributed by atoms with Crippen molar-refractivity contribution in [2.75, 3.05) is 12.4 Å². The molecule has 1 N–H and O–H groups in total. The van der Waals surface area contributed by atoms with Gasteiger partial charge in [0, 0.05) is 34.5 Å². The Morgan fingerprint density at radius 1 is 1.59 bits per heavy atom. The maximum Gasteiger partial charge on any atom is 0.223 e. The lowest BCUT2D eigenvalue weighted by molar-refractivity contribution is 0.313. The third kappa shape index (κ3) is 4.56. The lowest BCUT2D eigenvalue weighted by atomic mass is 10.3. The van der Waals surface area contributed by atoms with Gasteiger partial charge in [-0.25, -0.2) is 0 Å². The molecule has 0 spiro atoms. The fraction of sp³-hybridized carbons (Fsp3) is 0.417. The van der Waals surface area contributed by atoms with E-state index in [2.05, 4.69) is 11.6 Å². The predicted molar refractivity (Wildman–Crippen MR) is 69.8 cm³/mol. The number of pyridine rings is 1. The van der Waals surface area contributed by atoms with Gasteiger partial charge >= 0.3 is 0 Å². The highest BCUT2D eigenvalue weighted by molar-refractivity contribution is 7.84. The van der Waals surface area contributed by atoms with Gasteiger partial charge in [-0.1, -0.05) is 13.0 Å². The van der Waals surface area contributed by atoms with Crippen LogP contribution in [0.1, 0.15) is 19.0 Å². The van der Waals surface area contributed by atoms with E-state index in [9.17, 15) is 9.00 Å². The number of ether oxygens (including phenoxy) is 1. The van der Waals surface area contributed by atoms with E-state index in [0.29, 0.717) is 29.6 Å². The number of hydrogen-bond acceptors (Lipinski definition) is 3. The molecule has 94 valence electrons. The van der Waals surface area contributed by atoms with Crippen LogP contribution in [0.5, 0.6) is 5.75 Å². The molecule has 17 heavy (non-hydrogen) atoms. The third-order valence-electron chi connectivity index (χ3n) is 2.02. The zero-order valence-corrected chi connectivity index (χ0v) is 10.7. The lowest BCUT2D eigenvalue weighted by Gasteiger charge is -2.05. The highest BCUT2D eigenvalue weighted by atomic mass is 32.2. The van der Waals surface area contributed by atoms with E-state index < -0.39 is 10.8 Å². The van der Waals surface area contributed by atoms with Crippen LogP contribution in [-0.2, 0) is 16.6 Å². The normalized spacial score (nSPS) is 12.1. The minimum absolute atomic E-state index is 0.178. The first-order valence-electron chi connectivity index (χ1n) is 5.47. The van der Waals surface area contributed by atoms with Gasteiger partial charge in [0.15, 0.2) is 5.75 Å². The van der Waals surface area contributed by atoms with Gasteiger partial charge in [0.1, 0.15) is 0 Å². The first-order chi connectivity index (χ1) is 8.17. The molecule has 4 nitrogen and oxygen atoms in total. The first-order valence-corrected chi connectivity index (χ1v) is 6.96. The number of aromatic amines is 1. The maximum atomic E-state index is 11.6. The topological polar surface area (TPSA) is 59.2 Å². The summed E-state index contributed by atoms with van der Waals surface area (Å²) < 4.78 is 16.7. The third-order valence-corrected chi connectivity index (χ3v) is 3.26. The summed E-state index contributed by atoms with van der Waals surface area (Å²) in [6, 6.07) is 1.44. The molecule has 0 radical (unpaired) electrons. The second-order valence-corrected chi connectivity index (χ2v) is 5.08. The zero-order chi connectivity index (χ0) is 12.7. The Morgan fingerprint density at radius 3 is 2.94 bits per heavy atom. The number of H-pyrrole nitrogens is 1. The van der Waals surface area contributed by atoms with E-state index >= 15 is 0 Å². The molecule has 0 aliphatic heterocycles. The average molecular weight is 255 g/mol. The second kappa shape index (κ2) is 7.06. The zero-order valence-electron chi connectivity index (χ0n) is 9.90. The molecule has 0 fully saturated rings. The van der Waals surface area contributed by atoms with Crippen molar-refractivity contribution in [2.45, 2.75) is 19.1 Å². The van der Waals surface area contributed by atoms with Crippen LogP contribution in [0, 0.1) is 0 Å². The highest BCUT2D eigenvalue weighted by Gasteiger charge is 2.04. The molecule has 5 heteroatoms. The Bertz CT molecular complexity index is 453.